The van der Waals surface area contributed by atoms with Crippen LogP contribution in [0.1, 0.15) is 31.4 Å². The van der Waals surface area contributed by atoms with Crippen LogP contribution in [0.15, 0.2) is 42.5 Å². The minimum absolute atomic E-state index is 0.201. The quantitative estimate of drug-likeness (QED) is 0.629. The Labute approximate surface area is 159 Å². The second-order valence-electron chi connectivity index (χ2n) is 7.84. The molecule has 1 fully saturated rings. The predicted octanol–water partition coefficient (Wildman–Crippen LogP) is 4.22. The normalized spacial score (nSPS) is 28.2. The number of nitrogens with zero attached hydrogens (tertiary/aromatic N) is 1. The number of hydrogen-bond donors (Lipinski definition) is 2. The summed E-state index contributed by atoms with van der Waals surface area (Å²) in [6.07, 6.45) is 0.914. The average Bonchev–Trinajstić information content (AvgIpc) is 3.06. The first kappa shape index (κ1) is 17.8. The predicted molar refractivity (Wildman–Crippen MR) is 106 cm³/mol. The van der Waals surface area contributed by atoms with Gasteiger partial charge in [0.05, 0.1) is 19.0 Å². The molecule has 1 saturated heterocycles. The third-order valence-electron chi connectivity index (χ3n) is 5.97. The van der Waals surface area contributed by atoms with Gasteiger partial charge in [-0.15, -0.1) is 0 Å². The van der Waals surface area contributed by atoms with Crippen LogP contribution in [-0.4, -0.2) is 30.5 Å². The Balaban J connectivity index is 1.53. The topological polar surface area (TPSA) is 73.4 Å². The molecule has 2 heterocycles. The van der Waals surface area contributed by atoms with E-state index in [1.54, 1.807) is 13.1 Å². The van der Waals surface area contributed by atoms with E-state index in [1.165, 1.54) is 0 Å². The molecule has 0 radical (unpaired) electrons. The molecule has 0 aromatic heterocycles. The van der Waals surface area contributed by atoms with Crippen molar-refractivity contribution in [2.45, 2.75) is 38.3 Å². The maximum Gasteiger partial charge on any atom is 0.417 e. The van der Waals surface area contributed by atoms with E-state index in [0.29, 0.717) is 12.3 Å². The lowest BCUT2D eigenvalue weighted by Gasteiger charge is -2.41. The number of hydroxylamine groups is 3. The van der Waals surface area contributed by atoms with E-state index < -0.39 is 6.09 Å². The zero-order chi connectivity index (χ0) is 19.2. The number of fused-ring (bicyclic) bond motifs is 3. The summed E-state index contributed by atoms with van der Waals surface area (Å²) in [4.78, 5) is 12.4. The number of amides is 1. The number of rotatable bonds is 3. The van der Waals surface area contributed by atoms with Crippen LogP contribution in [0.5, 0.6) is 5.75 Å². The van der Waals surface area contributed by atoms with Gasteiger partial charge in [-0.2, -0.15) is 0 Å². The van der Waals surface area contributed by atoms with E-state index in [-0.39, 0.29) is 16.2 Å². The number of hydrogen-bond acceptors (Lipinski definition) is 4. The van der Waals surface area contributed by atoms with Gasteiger partial charge in [-0.25, -0.2) is 4.79 Å². The molecule has 2 aliphatic heterocycles. The molecule has 1 unspecified atom stereocenters. The molecule has 0 bridgehead atoms. The Morgan fingerprint density at radius 2 is 2.15 bits per heavy atom. The summed E-state index contributed by atoms with van der Waals surface area (Å²) in [5.74, 6) is 0.482. The van der Waals surface area contributed by atoms with Gasteiger partial charge in [0, 0.05) is 17.8 Å². The van der Waals surface area contributed by atoms with Gasteiger partial charge in [0.25, 0.3) is 0 Å². The maximum absolute atomic E-state index is 12.7. The molecule has 1 amide bonds. The lowest BCUT2D eigenvalue weighted by molar-refractivity contribution is -0.870. The van der Waals surface area contributed by atoms with Gasteiger partial charge in [-0.3, -0.25) is 5.32 Å². The highest BCUT2D eigenvalue weighted by atomic mass is 16.6. The number of nitrogens with one attached hydrogen (secondary N) is 2. The van der Waals surface area contributed by atoms with E-state index in [2.05, 4.69) is 17.6 Å². The van der Waals surface area contributed by atoms with Gasteiger partial charge >= 0.3 is 6.09 Å². The molecular formula is C21H25N3O3. The van der Waals surface area contributed by atoms with Crippen molar-refractivity contribution in [3.05, 3.63) is 58.8 Å². The van der Waals surface area contributed by atoms with Crippen molar-refractivity contribution in [2.24, 2.45) is 0 Å². The van der Waals surface area contributed by atoms with Crippen LogP contribution >= 0.6 is 0 Å². The van der Waals surface area contributed by atoms with E-state index in [4.69, 9.17) is 4.74 Å². The summed E-state index contributed by atoms with van der Waals surface area (Å²) in [5, 5.41) is 18.9. The number of quaternary nitrogens is 1. The summed E-state index contributed by atoms with van der Waals surface area (Å²) < 4.78 is 5.23. The smallest absolute Gasteiger partial charge is 0.417 e. The number of likely N-dealkylation sites (tertiary alicyclic amines) is 1. The molecule has 2 aromatic rings. The van der Waals surface area contributed by atoms with Crippen LogP contribution in [0.4, 0.5) is 16.2 Å². The zero-order valence-corrected chi connectivity index (χ0v) is 15.9. The van der Waals surface area contributed by atoms with Crippen LogP contribution in [0.25, 0.3) is 0 Å². The van der Waals surface area contributed by atoms with Crippen molar-refractivity contribution >= 4 is 17.5 Å². The fourth-order valence-electron chi connectivity index (χ4n) is 4.43. The Morgan fingerprint density at radius 1 is 1.37 bits per heavy atom. The number of benzene rings is 2. The van der Waals surface area contributed by atoms with Crippen LogP contribution in [0.2, 0.25) is 0 Å². The summed E-state index contributed by atoms with van der Waals surface area (Å²) >= 11 is 0. The Hall–Kier alpha value is -2.57. The zero-order valence-electron chi connectivity index (χ0n) is 15.9. The van der Waals surface area contributed by atoms with Crippen molar-refractivity contribution in [1.82, 2.24) is 0 Å². The third kappa shape index (κ3) is 2.95. The first-order chi connectivity index (χ1) is 12.8. The Bertz CT molecular complexity index is 896. The van der Waals surface area contributed by atoms with Crippen LogP contribution < -0.4 is 15.4 Å². The summed E-state index contributed by atoms with van der Waals surface area (Å²) in [6, 6.07) is 13.2. The number of anilines is 2. The molecule has 2 aliphatic rings. The summed E-state index contributed by atoms with van der Waals surface area (Å²) in [6.45, 7) is 4.73. The highest BCUT2D eigenvalue weighted by Crippen LogP contribution is 2.51. The highest BCUT2D eigenvalue weighted by molar-refractivity contribution is 5.87. The monoisotopic (exact) mass is 367 g/mol. The van der Waals surface area contributed by atoms with Crippen molar-refractivity contribution in [3.8, 4) is 5.75 Å². The Morgan fingerprint density at radius 3 is 2.93 bits per heavy atom. The van der Waals surface area contributed by atoms with E-state index in [9.17, 15) is 10.0 Å². The summed E-state index contributed by atoms with van der Waals surface area (Å²) in [7, 11) is 1.71. The van der Waals surface area contributed by atoms with Crippen LogP contribution in [-0.2, 0) is 11.8 Å². The number of ether oxygens (including phenoxy) is 1. The molecule has 142 valence electrons. The first-order valence-corrected chi connectivity index (χ1v) is 9.37. The molecule has 3 atom stereocenters. The summed E-state index contributed by atoms with van der Waals surface area (Å²) in [5.41, 5.74) is 3.56. The SMILES string of the molecule is CCc1ccccc1NC(=O)Oc1ccc2c(c1)[C@]1(C)CC[N+](C)([O-])[C@@H]1N2. The van der Waals surface area contributed by atoms with E-state index in [1.807, 2.05) is 43.3 Å². The lowest BCUT2D eigenvalue weighted by Crippen LogP contribution is -2.50. The van der Waals surface area contributed by atoms with Crippen molar-refractivity contribution in [1.29, 1.82) is 0 Å². The number of carbonyl (C=O) groups excluding carboxylic acids is 1. The van der Waals surface area contributed by atoms with Crippen LogP contribution in [0, 0.1) is 5.21 Å². The largest absolute Gasteiger partial charge is 0.631 e. The van der Waals surface area contributed by atoms with Crippen molar-refractivity contribution < 1.29 is 14.2 Å². The standard InChI is InChI=1S/C21H25N3O3/c1-4-14-7-5-6-8-17(14)23-20(25)27-15-9-10-18-16(13-15)21(2)11-12-24(3,26)19(21)22-18/h5-10,13,19,22H,4,11-12H2,1-3H3,(H,23,25)/t19-,21-,24?/m0/s1. The lowest BCUT2D eigenvalue weighted by atomic mass is 9.81. The minimum Gasteiger partial charge on any atom is -0.631 e. The van der Waals surface area contributed by atoms with Crippen molar-refractivity contribution in [2.75, 3.05) is 24.2 Å². The van der Waals surface area contributed by atoms with Gasteiger partial charge in [0.15, 0.2) is 6.17 Å². The van der Waals surface area contributed by atoms with E-state index in [0.717, 1.165) is 35.3 Å². The Kier molecular flexibility index (Phi) is 4.13. The van der Waals surface area contributed by atoms with Gasteiger partial charge < -0.3 is 19.9 Å². The fourth-order valence-corrected chi connectivity index (χ4v) is 4.43. The van der Waals surface area contributed by atoms with Gasteiger partial charge in [-0.1, -0.05) is 25.1 Å². The van der Waals surface area contributed by atoms with E-state index >= 15 is 0 Å². The second kappa shape index (κ2) is 6.25. The molecular weight excluding hydrogens is 342 g/mol. The van der Waals surface area contributed by atoms with Crippen LogP contribution in [0.3, 0.4) is 0 Å². The highest BCUT2D eigenvalue weighted by Gasteiger charge is 2.55. The fraction of sp³-hybridized carbons (Fsp3) is 0.381. The molecule has 2 N–H and O–H groups in total. The van der Waals surface area contributed by atoms with Gasteiger partial charge in [0.2, 0.25) is 0 Å². The molecule has 6 nitrogen and oxygen atoms in total. The third-order valence-corrected chi connectivity index (χ3v) is 5.97. The number of para-hydroxylation sites is 1. The minimum atomic E-state index is -0.514. The molecule has 0 spiro atoms. The number of aryl methyl sites for hydroxylation is 1. The maximum atomic E-state index is 12.7. The first-order valence-electron chi connectivity index (χ1n) is 9.37. The molecule has 4 rings (SSSR count). The molecule has 0 saturated carbocycles. The second-order valence-corrected chi connectivity index (χ2v) is 7.84. The van der Waals surface area contributed by atoms with Gasteiger partial charge in [0.1, 0.15) is 5.75 Å². The number of carbonyl (C=O) groups is 1. The average molecular weight is 367 g/mol. The molecule has 6 heteroatoms. The molecule has 0 aliphatic carbocycles. The number of likely N-dealkylation sites (N-methyl/N-ethyl adjacent to an activating group) is 1. The molecule has 2 aromatic carbocycles. The molecule has 27 heavy (non-hydrogen) atoms. The van der Waals surface area contributed by atoms with Gasteiger partial charge in [-0.05, 0) is 48.7 Å². The van der Waals surface area contributed by atoms with Crippen molar-refractivity contribution in [3.63, 3.8) is 0 Å².